The molecular weight excluding hydrogens is 311 g/mol. The normalized spacial score (nSPS) is 12.4. The summed E-state index contributed by atoms with van der Waals surface area (Å²) in [7, 11) is -5.32. The van der Waals surface area contributed by atoms with Crippen LogP contribution in [0.4, 0.5) is 18.9 Å². The van der Waals surface area contributed by atoms with Crippen molar-refractivity contribution < 1.29 is 21.6 Å². The molecule has 0 saturated heterocycles. The zero-order chi connectivity index (χ0) is 15.2. The lowest BCUT2D eigenvalue weighted by Gasteiger charge is -2.14. The lowest BCUT2D eigenvalue weighted by Crippen LogP contribution is -2.24. The van der Waals surface area contributed by atoms with Gasteiger partial charge < -0.3 is 5.32 Å². The third kappa shape index (κ3) is 4.31. The van der Waals surface area contributed by atoms with Gasteiger partial charge in [-0.1, -0.05) is 12.1 Å². The lowest BCUT2D eigenvalue weighted by atomic mass is 10.3. The lowest BCUT2D eigenvalue weighted by molar-refractivity contribution is -0.0435. The number of para-hydroxylation sites is 1. The SMILES string of the molecule is CSCCCCNc1ccccc1S(=O)(=O)C(F)(F)F. The van der Waals surface area contributed by atoms with Crippen molar-refractivity contribution >= 4 is 27.3 Å². The number of sulfone groups is 1. The summed E-state index contributed by atoms with van der Waals surface area (Å²) in [5.41, 5.74) is -5.29. The number of rotatable bonds is 7. The van der Waals surface area contributed by atoms with Crippen molar-refractivity contribution in [3.63, 3.8) is 0 Å². The Labute approximate surface area is 120 Å². The van der Waals surface area contributed by atoms with E-state index in [4.69, 9.17) is 0 Å². The van der Waals surface area contributed by atoms with Crippen molar-refractivity contribution in [1.82, 2.24) is 0 Å². The minimum atomic E-state index is -5.32. The van der Waals surface area contributed by atoms with Crippen LogP contribution in [0.2, 0.25) is 0 Å². The Morgan fingerprint density at radius 3 is 2.45 bits per heavy atom. The molecule has 1 aromatic rings. The molecule has 0 amide bonds. The fourth-order valence-corrected chi connectivity index (χ4v) is 3.00. The summed E-state index contributed by atoms with van der Waals surface area (Å²) in [6, 6.07) is 5.08. The van der Waals surface area contributed by atoms with E-state index in [-0.39, 0.29) is 5.69 Å². The number of halogens is 3. The molecule has 0 saturated carbocycles. The van der Waals surface area contributed by atoms with Crippen molar-refractivity contribution in [1.29, 1.82) is 0 Å². The average Bonchev–Trinajstić information content (AvgIpc) is 2.37. The van der Waals surface area contributed by atoms with Crippen LogP contribution in [0.3, 0.4) is 0 Å². The first-order valence-electron chi connectivity index (χ1n) is 5.94. The van der Waals surface area contributed by atoms with Crippen molar-refractivity contribution in [2.45, 2.75) is 23.2 Å². The Bertz CT molecular complexity index is 530. The van der Waals surface area contributed by atoms with Gasteiger partial charge in [0.25, 0.3) is 9.84 Å². The third-order valence-electron chi connectivity index (χ3n) is 2.57. The van der Waals surface area contributed by atoms with E-state index < -0.39 is 20.2 Å². The number of nitrogens with one attached hydrogen (secondary N) is 1. The number of hydrogen-bond donors (Lipinski definition) is 1. The van der Waals surface area contributed by atoms with Gasteiger partial charge >= 0.3 is 5.51 Å². The predicted octanol–water partition coefficient (Wildman–Crippen LogP) is 3.54. The first-order valence-corrected chi connectivity index (χ1v) is 8.81. The fourth-order valence-electron chi connectivity index (χ4n) is 1.57. The van der Waals surface area contributed by atoms with E-state index >= 15 is 0 Å². The summed E-state index contributed by atoms with van der Waals surface area (Å²) in [6.07, 6.45) is 3.65. The van der Waals surface area contributed by atoms with Gasteiger partial charge in [0, 0.05) is 6.54 Å². The predicted molar refractivity (Wildman–Crippen MR) is 75.8 cm³/mol. The summed E-state index contributed by atoms with van der Waals surface area (Å²) < 4.78 is 60.6. The van der Waals surface area contributed by atoms with E-state index in [1.54, 1.807) is 11.8 Å². The molecular formula is C12H16F3NO2S2. The van der Waals surface area contributed by atoms with Crippen molar-refractivity contribution in [2.75, 3.05) is 23.9 Å². The van der Waals surface area contributed by atoms with Gasteiger partial charge in [-0.15, -0.1) is 0 Å². The molecule has 1 N–H and O–H groups in total. The first kappa shape index (κ1) is 17.2. The molecule has 0 heterocycles. The van der Waals surface area contributed by atoms with Crippen LogP contribution in [0.25, 0.3) is 0 Å². The Morgan fingerprint density at radius 1 is 1.20 bits per heavy atom. The minimum absolute atomic E-state index is 0.00558. The second-order valence-electron chi connectivity index (χ2n) is 4.07. The van der Waals surface area contributed by atoms with Crippen LogP contribution in [-0.2, 0) is 9.84 Å². The number of unbranched alkanes of at least 4 members (excludes halogenated alkanes) is 1. The van der Waals surface area contributed by atoms with Crippen LogP contribution in [0.15, 0.2) is 29.2 Å². The zero-order valence-electron chi connectivity index (χ0n) is 10.9. The van der Waals surface area contributed by atoms with Crippen LogP contribution < -0.4 is 5.32 Å². The molecule has 1 rings (SSSR count). The second-order valence-corrected chi connectivity index (χ2v) is 6.97. The number of hydrogen-bond acceptors (Lipinski definition) is 4. The van der Waals surface area contributed by atoms with Gasteiger partial charge in [0.15, 0.2) is 0 Å². The fraction of sp³-hybridized carbons (Fsp3) is 0.500. The number of benzene rings is 1. The van der Waals surface area contributed by atoms with E-state index in [0.29, 0.717) is 6.54 Å². The second kappa shape index (κ2) is 7.21. The average molecular weight is 327 g/mol. The van der Waals surface area contributed by atoms with Gasteiger partial charge in [0.1, 0.15) is 0 Å². The van der Waals surface area contributed by atoms with Gasteiger partial charge in [0.2, 0.25) is 0 Å². The minimum Gasteiger partial charge on any atom is -0.384 e. The molecule has 0 spiro atoms. The summed E-state index contributed by atoms with van der Waals surface area (Å²) >= 11 is 1.69. The Balaban J connectivity index is 2.84. The summed E-state index contributed by atoms with van der Waals surface area (Å²) in [4.78, 5) is -0.725. The summed E-state index contributed by atoms with van der Waals surface area (Å²) in [6.45, 7) is 0.435. The maximum absolute atomic E-state index is 12.6. The number of alkyl halides is 3. The molecule has 0 radical (unpaired) electrons. The zero-order valence-corrected chi connectivity index (χ0v) is 12.5. The molecule has 0 aromatic heterocycles. The molecule has 0 aliphatic heterocycles. The molecule has 0 atom stereocenters. The van der Waals surface area contributed by atoms with E-state index in [0.717, 1.165) is 24.7 Å². The van der Waals surface area contributed by atoms with Gasteiger partial charge in [-0.3, -0.25) is 0 Å². The molecule has 0 unspecified atom stereocenters. The standard InChI is InChI=1S/C12H16F3NO2S2/c1-19-9-5-4-8-16-10-6-2-3-7-11(10)20(17,18)12(13,14)15/h2-3,6-7,16H,4-5,8-9H2,1H3. The highest BCUT2D eigenvalue weighted by atomic mass is 32.2. The van der Waals surface area contributed by atoms with E-state index in [1.807, 2.05) is 6.26 Å². The topological polar surface area (TPSA) is 46.2 Å². The maximum atomic E-state index is 12.6. The van der Waals surface area contributed by atoms with Crippen molar-refractivity contribution in [3.05, 3.63) is 24.3 Å². The van der Waals surface area contributed by atoms with Crippen LogP contribution in [-0.4, -0.2) is 32.5 Å². The maximum Gasteiger partial charge on any atom is 0.501 e. The van der Waals surface area contributed by atoms with E-state index in [9.17, 15) is 21.6 Å². The molecule has 3 nitrogen and oxygen atoms in total. The Kier molecular flexibility index (Phi) is 6.19. The van der Waals surface area contributed by atoms with Gasteiger partial charge in [-0.05, 0) is 37.0 Å². The van der Waals surface area contributed by atoms with Crippen LogP contribution in [0, 0.1) is 0 Å². The molecule has 114 valence electrons. The van der Waals surface area contributed by atoms with Gasteiger partial charge in [-0.2, -0.15) is 24.9 Å². The van der Waals surface area contributed by atoms with Gasteiger partial charge in [-0.25, -0.2) is 8.42 Å². The number of thioether (sulfide) groups is 1. The van der Waals surface area contributed by atoms with Crippen LogP contribution in [0.5, 0.6) is 0 Å². The molecule has 20 heavy (non-hydrogen) atoms. The Hall–Kier alpha value is -0.890. The number of anilines is 1. The van der Waals surface area contributed by atoms with Crippen molar-refractivity contribution in [2.24, 2.45) is 0 Å². The van der Waals surface area contributed by atoms with Crippen molar-refractivity contribution in [3.8, 4) is 0 Å². The Morgan fingerprint density at radius 2 is 1.85 bits per heavy atom. The highest BCUT2D eigenvalue weighted by molar-refractivity contribution is 7.98. The summed E-state index contributed by atoms with van der Waals surface area (Å²) in [5.74, 6) is 0.962. The van der Waals surface area contributed by atoms with E-state index in [2.05, 4.69) is 5.32 Å². The van der Waals surface area contributed by atoms with Crippen LogP contribution in [0.1, 0.15) is 12.8 Å². The molecule has 0 bridgehead atoms. The first-order chi connectivity index (χ1) is 9.30. The van der Waals surface area contributed by atoms with E-state index in [1.165, 1.54) is 18.2 Å². The molecule has 0 aliphatic rings. The highest BCUT2D eigenvalue weighted by Crippen LogP contribution is 2.34. The molecule has 0 aliphatic carbocycles. The third-order valence-corrected chi connectivity index (χ3v) is 4.81. The molecule has 8 heteroatoms. The van der Waals surface area contributed by atoms with Crippen LogP contribution >= 0.6 is 11.8 Å². The summed E-state index contributed by atoms with van der Waals surface area (Å²) in [5, 5.41) is 2.76. The largest absolute Gasteiger partial charge is 0.501 e. The molecule has 1 aromatic carbocycles. The quantitative estimate of drug-likeness (QED) is 0.778. The van der Waals surface area contributed by atoms with Gasteiger partial charge in [0.05, 0.1) is 10.6 Å². The monoisotopic (exact) mass is 327 g/mol. The molecule has 0 fully saturated rings. The highest BCUT2D eigenvalue weighted by Gasteiger charge is 2.47. The smallest absolute Gasteiger partial charge is 0.384 e.